The molecule has 1 N–H and O–H groups in total. The summed E-state index contributed by atoms with van der Waals surface area (Å²) in [5.74, 6) is -1.25. The molecule has 21 heavy (non-hydrogen) atoms. The number of rotatable bonds is 4. The summed E-state index contributed by atoms with van der Waals surface area (Å²) in [6.07, 6.45) is 3.21. The first-order valence-corrected chi connectivity index (χ1v) is 7.67. The molecule has 1 aromatic carbocycles. The van der Waals surface area contributed by atoms with Crippen LogP contribution in [0.4, 0.5) is 0 Å². The van der Waals surface area contributed by atoms with Crippen LogP contribution in [-0.2, 0) is 4.74 Å². The van der Waals surface area contributed by atoms with E-state index in [1.165, 1.54) is 12.1 Å². The fourth-order valence-corrected chi connectivity index (χ4v) is 2.89. The van der Waals surface area contributed by atoms with Gasteiger partial charge in [0.05, 0.1) is 11.7 Å². The first-order valence-electron chi connectivity index (χ1n) is 6.88. The monoisotopic (exact) mass is 355 g/mol. The van der Waals surface area contributed by atoms with Crippen molar-refractivity contribution in [3.8, 4) is 0 Å². The van der Waals surface area contributed by atoms with Gasteiger partial charge in [0.1, 0.15) is 0 Å². The number of aromatic carboxylic acids is 1. The minimum atomic E-state index is -1.05. The van der Waals surface area contributed by atoms with E-state index in [4.69, 9.17) is 9.84 Å². The third-order valence-electron chi connectivity index (χ3n) is 3.49. The van der Waals surface area contributed by atoms with Crippen LogP contribution in [0.1, 0.15) is 40.0 Å². The van der Waals surface area contributed by atoms with Gasteiger partial charge in [-0.15, -0.1) is 0 Å². The van der Waals surface area contributed by atoms with Crippen molar-refractivity contribution in [2.45, 2.75) is 25.4 Å². The van der Waals surface area contributed by atoms with Gasteiger partial charge in [0.2, 0.25) is 0 Å². The van der Waals surface area contributed by atoms with Gasteiger partial charge < -0.3 is 14.7 Å². The van der Waals surface area contributed by atoms with Crippen LogP contribution in [0.2, 0.25) is 0 Å². The number of benzene rings is 1. The number of hydrogen-bond acceptors (Lipinski definition) is 3. The molecule has 1 aromatic rings. The number of amides is 1. The molecule has 2 rings (SSSR count). The number of halogens is 1. The van der Waals surface area contributed by atoms with E-state index in [2.05, 4.69) is 15.9 Å². The molecule has 0 bridgehead atoms. The lowest BCUT2D eigenvalue weighted by Crippen LogP contribution is -2.37. The van der Waals surface area contributed by atoms with E-state index >= 15 is 0 Å². The fourth-order valence-electron chi connectivity index (χ4n) is 2.40. The topological polar surface area (TPSA) is 66.8 Å². The summed E-state index contributed by atoms with van der Waals surface area (Å²) in [4.78, 5) is 25.0. The normalized spacial score (nSPS) is 18.3. The van der Waals surface area contributed by atoms with Gasteiger partial charge in [-0.05, 0) is 37.5 Å². The first kappa shape index (κ1) is 16.0. The molecular formula is C15H18BrNO4. The molecule has 0 saturated carbocycles. The van der Waals surface area contributed by atoms with Crippen LogP contribution in [0, 0.1) is 0 Å². The van der Waals surface area contributed by atoms with Crippen molar-refractivity contribution in [2.75, 3.05) is 20.2 Å². The molecule has 1 fully saturated rings. The highest BCUT2D eigenvalue weighted by molar-refractivity contribution is 9.10. The van der Waals surface area contributed by atoms with Crippen LogP contribution in [0.15, 0.2) is 22.7 Å². The van der Waals surface area contributed by atoms with Gasteiger partial charge in [0.25, 0.3) is 5.91 Å². The summed E-state index contributed by atoms with van der Waals surface area (Å²) >= 11 is 3.24. The van der Waals surface area contributed by atoms with Gasteiger partial charge in [-0.25, -0.2) is 4.79 Å². The molecule has 1 unspecified atom stereocenters. The Morgan fingerprint density at radius 2 is 2.05 bits per heavy atom. The third-order valence-corrected chi connectivity index (χ3v) is 3.95. The maximum absolute atomic E-state index is 12.4. The molecule has 6 heteroatoms. The number of hydrogen-bond donors (Lipinski definition) is 1. The quantitative estimate of drug-likeness (QED) is 0.901. The van der Waals surface area contributed by atoms with E-state index in [9.17, 15) is 9.59 Å². The highest BCUT2D eigenvalue weighted by Gasteiger charge is 2.20. The summed E-state index contributed by atoms with van der Waals surface area (Å²) in [7, 11) is 1.71. The Kier molecular flexibility index (Phi) is 5.36. The summed E-state index contributed by atoms with van der Waals surface area (Å²) in [6, 6.07) is 4.50. The smallest absolute Gasteiger partial charge is 0.335 e. The molecule has 0 aliphatic carbocycles. The van der Waals surface area contributed by atoms with Crippen molar-refractivity contribution in [3.05, 3.63) is 33.8 Å². The molecular weight excluding hydrogens is 338 g/mol. The molecule has 1 aliphatic heterocycles. The second-order valence-corrected chi connectivity index (χ2v) is 6.12. The lowest BCUT2D eigenvalue weighted by atomic mass is 10.1. The molecule has 0 spiro atoms. The number of likely N-dealkylation sites (N-methyl/N-ethyl adjacent to an activating group) is 1. The second-order valence-electron chi connectivity index (χ2n) is 5.21. The van der Waals surface area contributed by atoms with E-state index < -0.39 is 5.97 Å². The maximum Gasteiger partial charge on any atom is 0.335 e. The van der Waals surface area contributed by atoms with Crippen molar-refractivity contribution in [1.82, 2.24) is 4.90 Å². The van der Waals surface area contributed by atoms with Crippen molar-refractivity contribution in [2.24, 2.45) is 0 Å². The molecule has 1 atom stereocenters. The maximum atomic E-state index is 12.4. The molecule has 114 valence electrons. The standard InChI is InChI=1S/C15H18BrNO4/c1-17(9-13-4-2-3-5-21-13)14(18)10-6-11(15(19)20)8-12(16)7-10/h6-8,13H,2-5,9H2,1H3,(H,19,20). The highest BCUT2D eigenvalue weighted by atomic mass is 79.9. The second kappa shape index (κ2) is 7.04. The lowest BCUT2D eigenvalue weighted by molar-refractivity contribution is -0.000191. The molecule has 1 saturated heterocycles. The van der Waals surface area contributed by atoms with E-state index in [1.807, 2.05) is 0 Å². The zero-order chi connectivity index (χ0) is 15.4. The van der Waals surface area contributed by atoms with Crippen molar-refractivity contribution in [3.63, 3.8) is 0 Å². The fraction of sp³-hybridized carbons (Fsp3) is 0.467. The van der Waals surface area contributed by atoms with Crippen molar-refractivity contribution >= 4 is 27.8 Å². The summed E-state index contributed by atoms with van der Waals surface area (Å²) in [6.45, 7) is 1.26. The number of carbonyl (C=O) groups is 2. The van der Waals surface area contributed by atoms with Crippen LogP contribution in [0.5, 0.6) is 0 Å². The van der Waals surface area contributed by atoms with Crippen LogP contribution in [-0.4, -0.2) is 48.2 Å². The third kappa shape index (κ3) is 4.28. The van der Waals surface area contributed by atoms with Crippen LogP contribution in [0.25, 0.3) is 0 Å². The average Bonchev–Trinajstić information content (AvgIpc) is 2.46. The predicted octanol–water partition coefficient (Wildman–Crippen LogP) is 2.79. The molecule has 1 heterocycles. The van der Waals surface area contributed by atoms with Crippen LogP contribution >= 0.6 is 15.9 Å². The molecule has 0 aromatic heterocycles. The van der Waals surface area contributed by atoms with Gasteiger partial charge in [0.15, 0.2) is 0 Å². The van der Waals surface area contributed by atoms with Crippen LogP contribution < -0.4 is 0 Å². The van der Waals surface area contributed by atoms with Gasteiger partial charge in [0, 0.05) is 30.2 Å². The average molecular weight is 356 g/mol. The van der Waals surface area contributed by atoms with Crippen molar-refractivity contribution in [1.29, 1.82) is 0 Å². The van der Waals surface area contributed by atoms with E-state index in [-0.39, 0.29) is 17.6 Å². The summed E-state index contributed by atoms with van der Waals surface area (Å²) < 4.78 is 6.20. The Hall–Kier alpha value is -1.40. The van der Waals surface area contributed by atoms with Gasteiger partial charge >= 0.3 is 5.97 Å². The summed E-state index contributed by atoms with van der Waals surface area (Å²) in [5, 5.41) is 9.05. The number of carboxylic acids is 1. The SMILES string of the molecule is CN(CC1CCCCO1)C(=O)c1cc(Br)cc(C(=O)O)c1. The number of ether oxygens (including phenoxy) is 1. The zero-order valence-corrected chi connectivity index (χ0v) is 13.4. The Bertz CT molecular complexity index is 540. The minimum absolute atomic E-state index is 0.0683. The van der Waals surface area contributed by atoms with E-state index in [0.717, 1.165) is 25.9 Å². The van der Waals surface area contributed by atoms with Gasteiger partial charge in [-0.3, -0.25) is 4.79 Å². The summed E-state index contributed by atoms with van der Waals surface area (Å²) in [5.41, 5.74) is 0.454. The van der Waals surface area contributed by atoms with Crippen LogP contribution in [0.3, 0.4) is 0 Å². The largest absolute Gasteiger partial charge is 0.478 e. The molecule has 1 aliphatic rings. The van der Waals surface area contributed by atoms with E-state index in [1.54, 1.807) is 18.0 Å². The lowest BCUT2D eigenvalue weighted by Gasteiger charge is -2.27. The molecule has 0 radical (unpaired) electrons. The molecule has 1 amide bonds. The Balaban J connectivity index is 2.09. The Morgan fingerprint density at radius 1 is 1.33 bits per heavy atom. The number of carbonyl (C=O) groups excluding carboxylic acids is 1. The van der Waals surface area contributed by atoms with Gasteiger partial charge in [-0.2, -0.15) is 0 Å². The predicted molar refractivity (Wildman–Crippen MR) is 81.7 cm³/mol. The van der Waals surface area contributed by atoms with Crippen molar-refractivity contribution < 1.29 is 19.4 Å². The zero-order valence-electron chi connectivity index (χ0n) is 11.8. The Labute approximate surface area is 132 Å². The number of carboxylic acid groups (broad SMARTS) is 1. The minimum Gasteiger partial charge on any atom is -0.478 e. The first-order chi connectivity index (χ1) is 9.97. The Morgan fingerprint density at radius 3 is 2.67 bits per heavy atom. The van der Waals surface area contributed by atoms with Gasteiger partial charge in [-0.1, -0.05) is 15.9 Å². The number of nitrogens with zero attached hydrogens (tertiary/aromatic N) is 1. The van der Waals surface area contributed by atoms with E-state index in [0.29, 0.717) is 16.6 Å². The highest BCUT2D eigenvalue weighted by Crippen LogP contribution is 2.19. The molecule has 5 nitrogen and oxygen atoms in total.